The molecule has 1 amide bonds. The monoisotopic (exact) mass is 514 g/mol. The smallest absolute Gasteiger partial charge is 0.300 e. The van der Waals surface area contributed by atoms with Crippen molar-refractivity contribution in [3.05, 3.63) is 89.5 Å². The van der Waals surface area contributed by atoms with Crippen LogP contribution in [-0.2, 0) is 9.59 Å². The number of anilines is 2. The average molecular weight is 515 g/mol. The molecule has 7 heteroatoms. The summed E-state index contributed by atoms with van der Waals surface area (Å²) in [5, 5.41) is 11.4. The molecule has 1 N–H and O–H groups in total. The summed E-state index contributed by atoms with van der Waals surface area (Å²) in [5.74, 6) is -0.431. The third-order valence-electron chi connectivity index (χ3n) is 6.24. The molecule has 1 unspecified atom stereocenters. The lowest BCUT2D eigenvalue weighted by molar-refractivity contribution is -0.132. The Labute approximate surface area is 223 Å². The minimum Gasteiger partial charge on any atom is -0.507 e. The summed E-state index contributed by atoms with van der Waals surface area (Å²) in [6.07, 6.45) is 0.841. The van der Waals surface area contributed by atoms with Gasteiger partial charge in [-0.05, 0) is 74.4 Å². The molecule has 0 saturated carbocycles. The number of aliphatic hydroxyl groups is 1. The van der Waals surface area contributed by atoms with E-state index < -0.39 is 17.7 Å². The maximum atomic E-state index is 13.5. The van der Waals surface area contributed by atoms with Gasteiger partial charge in [-0.2, -0.15) is 0 Å². The van der Waals surface area contributed by atoms with Crippen LogP contribution in [-0.4, -0.2) is 43.6 Å². The number of Topliss-reactive ketones (excluding diaryl/α,β-unsaturated/α-hetero) is 1. The lowest BCUT2D eigenvalue weighted by Crippen LogP contribution is -2.29. The first-order chi connectivity index (χ1) is 18.2. The van der Waals surface area contributed by atoms with Crippen LogP contribution in [0.15, 0.2) is 78.4 Å². The van der Waals surface area contributed by atoms with Gasteiger partial charge in [-0.15, -0.1) is 0 Å². The van der Waals surface area contributed by atoms with Crippen molar-refractivity contribution in [3.63, 3.8) is 0 Å². The lowest BCUT2D eigenvalue weighted by Gasteiger charge is -2.26. The highest BCUT2D eigenvalue weighted by Crippen LogP contribution is 2.43. The van der Waals surface area contributed by atoms with Crippen LogP contribution in [0.2, 0.25) is 0 Å². The summed E-state index contributed by atoms with van der Waals surface area (Å²) < 4.78 is 11.5. The number of carbonyl (C=O) groups excluding carboxylic acids is 2. The van der Waals surface area contributed by atoms with E-state index in [0.29, 0.717) is 34.9 Å². The number of carbonyl (C=O) groups is 2. The van der Waals surface area contributed by atoms with E-state index >= 15 is 0 Å². The zero-order valence-electron chi connectivity index (χ0n) is 22.5. The number of ether oxygens (including phenoxy) is 2. The quantitative estimate of drug-likeness (QED) is 0.216. The van der Waals surface area contributed by atoms with Gasteiger partial charge in [-0.3, -0.25) is 14.5 Å². The third kappa shape index (κ3) is 5.52. The number of aliphatic hydroxyl groups excluding tert-OH is 1. The SMILES string of the molecule is CCCOc1cccc(/C(O)=C2\C(=O)C(=O)N(c3ccc(N(C)C)cc3)C2c2ccc(OC(C)C)cc2)c1. The summed E-state index contributed by atoms with van der Waals surface area (Å²) in [5.41, 5.74) is 2.63. The van der Waals surface area contributed by atoms with E-state index in [1.807, 2.05) is 88.3 Å². The summed E-state index contributed by atoms with van der Waals surface area (Å²) >= 11 is 0. The first-order valence-electron chi connectivity index (χ1n) is 12.8. The number of rotatable bonds is 9. The van der Waals surface area contributed by atoms with Gasteiger partial charge in [0.25, 0.3) is 11.7 Å². The first kappa shape index (κ1) is 26.8. The van der Waals surface area contributed by atoms with Gasteiger partial charge in [0.05, 0.1) is 24.3 Å². The fourth-order valence-electron chi connectivity index (χ4n) is 4.44. The molecule has 1 aliphatic rings. The van der Waals surface area contributed by atoms with Crippen LogP contribution in [0.3, 0.4) is 0 Å². The van der Waals surface area contributed by atoms with Crippen LogP contribution in [0, 0.1) is 0 Å². The van der Waals surface area contributed by atoms with E-state index in [2.05, 4.69) is 0 Å². The predicted molar refractivity (Wildman–Crippen MR) is 150 cm³/mol. The van der Waals surface area contributed by atoms with E-state index in [-0.39, 0.29) is 17.4 Å². The van der Waals surface area contributed by atoms with Crippen molar-refractivity contribution in [2.75, 3.05) is 30.5 Å². The molecule has 1 aliphatic heterocycles. The molecule has 3 aromatic carbocycles. The lowest BCUT2D eigenvalue weighted by atomic mass is 9.95. The Hall–Kier alpha value is -4.26. The summed E-state index contributed by atoms with van der Waals surface area (Å²) in [6, 6.07) is 20.8. The fraction of sp³-hybridized carbons (Fsp3) is 0.290. The Morgan fingerprint density at radius 1 is 0.974 bits per heavy atom. The molecule has 0 spiro atoms. The minimum atomic E-state index is -0.825. The molecule has 1 atom stereocenters. The van der Waals surface area contributed by atoms with Crippen molar-refractivity contribution in [3.8, 4) is 11.5 Å². The molecule has 198 valence electrons. The highest BCUT2D eigenvalue weighted by molar-refractivity contribution is 6.51. The average Bonchev–Trinajstić information content (AvgIpc) is 3.17. The normalized spacial score (nSPS) is 16.7. The first-order valence-corrected chi connectivity index (χ1v) is 12.8. The number of amides is 1. The molecule has 38 heavy (non-hydrogen) atoms. The van der Waals surface area contributed by atoms with Crippen molar-refractivity contribution in [1.82, 2.24) is 0 Å². The van der Waals surface area contributed by atoms with Crippen molar-refractivity contribution in [1.29, 1.82) is 0 Å². The van der Waals surface area contributed by atoms with Gasteiger partial charge >= 0.3 is 0 Å². The zero-order valence-corrected chi connectivity index (χ0v) is 22.5. The summed E-state index contributed by atoms with van der Waals surface area (Å²) in [4.78, 5) is 30.3. The van der Waals surface area contributed by atoms with Crippen molar-refractivity contribution >= 4 is 28.8 Å². The largest absolute Gasteiger partial charge is 0.507 e. The van der Waals surface area contributed by atoms with Crippen LogP contribution in [0.1, 0.15) is 44.4 Å². The van der Waals surface area contributed by atoms with E-state index in [0.717, 1.165) is 12.1 Å². The Morgan fingerprint density at radius 2 is 1.66 bits per heavy atom. The number of nitrogens with zero attached hydrogens (tertiary/aromatic N) is 2. The van der Waals surface area contributed by atoms with Gasteiger partial charge in [0.15, 0.2) is 0 Å². The second kappa shape index (κ2) is 11.4. The van der Waals surface area contributed by atoms with Crippen molar-refractivity contribution in [2.24, 2.45) is 0 Å². The topological polar surface area (TPSA) is 79.3 Å². The Kier molecular flexibility index (Phi) is 8.05. The molecule has 0 aliphatic carbocycles. The highest BCUT2D eigenvalue weighted by atomic mass is 16.5. The Bertz CT molecular complexity index is 1330. The second-order valence-corrected chi connectivity index (χ2v) is 9.69. The third-order valence-corrected chi connectivity index (χ3v) is 6.24. The maximum Gasteiger partial charge on any atom is 0.300 e. The molecule has 3 aromatic rings. The molecule has 0 radical (unpaired) electrons. The second-order valence-electron chi connectivity index (χ2n) is 9.69. The molecule has 1 heterocycles. The van der Waals surface area contributed by atoms with Crippen LogP contribution in [0.5, 0.6) is 11.5 Å². The van der Waals surface area contributed by atoms with Crippen molar-refractivity contribution in [2.45, 2.75) is 39.3 Å². The standard InChI is InChI=1S/C31H34N2O5/c1-6-18-37-26-9-7-8-22(19-26)29(34)27-28(21-10-16-25(17-11-21)38-20(2)3)33(31(36)30(27)35)24-14-12-23(13-15-24)32(4)5/h7-17,19-20,28,34H,6,18H2,1-5H3/b29-27+. The van der Waals surface area contributed by atoms with Crippen LogP contribution in [0.25, 0.3) is 5.76 Å². The molecular weight excluding hydrogens is 480 g/mol. The van der Waals surface area contributed by atoms with Gasteiger partial charge in [-0.1, -0.05) is 31.2 Å². The molecule has 0 bridgehead atoms. The van der Waals surface area contributed by atoms with Crippen molar-refractivity contribution < 1.29 is 24.2 Å². The predicted octanol–water partition coefficient (Wildman–Crippen LogP) is 5.95. The van der Waals surface area contributed by atoms with E-state index in [9.17, 15) is 14.7 Å². The number of ketones is 1. The van der Waals surface area contributed by atoms with E-state index in [4.69, 9.17) is 9.47 Å². The number of hydrogen-bond acceptors (Lipinski definition) is 6. The molecule has 7 nitrogen and oxygen atoms in total. The number of hydrogen-bond donors (Lipinski definition) is 1. The highest BCUT2D eigenvalue weighted by Gasteiger charge is 2.47. The van der Waals surface area contributed by atoms with Gasteiger partial charge in [-0.25, -0.2) is 0 Å². The van der Waals surface area contributed by atoms with Crippen LogP contribution < -0.4 is 19.3 Å². The van der Waals surface area contributed by atoms with Gasteiger partial charge < -0.3 is 19.5 Å². The van der Waals surface area contributed by atoms with E-state index in [1.165, 1.54) is 4.90 Å². The molecule has 1 fully saturated rings. The van der Waals surface area contributed by atoms with Gasteiger partial charge in [0.1, 0.15) is 17.3 Å². The Morgan fingerprint density at radius 3 is 2.26 bits per heavy atom. The summed E-state index contributed by atoms with van der Waals surface area (Å²) in [7, 11) is 3.86. The summed E-state index contributed by atoms with van der Waals surface area (Å²) in [6.45, 7) is 6.42. The van der Waals surface area contributed by atoms with Crippen LogP contribution in [0.4, 0.5) is 11.4 Å². The minimum absolute atomic E-state index is 0.00361. The maximum absolute atomic E-state index is 13.5. The van der Waals surface area contributed by atoms with Gasteiger partial charge in [0, 0.05) is 31.0 Å². The molecular formula is C31H34N2O5. The van der Waals surface area contributed by atoms with E-state index in [1.54, 1.807) is 24.3 Å². The van der Waals surface area contributed by atoms with Gasteiger partial charge in [0.2, 0.25) is 0 Å². The zero-order chi connectivity index (χ0) is 27.4. The Balaban J connectivity index is 1.84. The molecule has 0 aromatic heterocycles. The molecule has 1 saturated heterocycles. The fourth-order valence-corrected chi connectivity index (χ4v) is 4.44. The number of benzene rings is 3. The van der Waals surface area contributed by atoms with Crippen LogP contribution >= 0.6 is 0 Å². The molecule has 4 rings (SSSR count).